The Morgan fingerprint density at radius 2 is 1.77 bits per heavy atom. The highest BCUT2D eigenvalue weighted by Crippen LogP contribution is 2.21. The molecule has 4 rings (SSSR count). The number of nitrogens with zero attached hydrogens (tertiary/aromatic N) is 4. The van der Waals surface area contributed by atoms with Crippen LogP contribution in [0.5, 0.6) is 0 Å². The highest BCUT2D eigenvalue weighted by Gasteiger charge is 2.23. The Labute approximate surface area is 213 Å². The molecule has 1 fully saturated rings. The molecule has 6 nitrogen and oxygen atoms in total. The van der Waals surface area contributed by atoms with E-state index in [-0.39, 0.29) is 11.3 Å². The fourth-order valence-corrected chi connectivity index (χ4v) is 4.47. The summed E-state index contributed by atoms with van der Waals surface area (Å²) in [6, 6.07) is 15.8. The number of carbonyl (C=O) groups is 1. The van der Waals surface area contributed by atoms with Crippen molar-refractivity contribution in [3.05, 3.63) is 82.1 Å². The van der Waals surface area contributed by atoms with Gasteiger partial charge < -0.3 is 10.2 Å². The van der Waals surface area contributed by atoms with E-state index < -0.39 is 0 Å². The molecule has 0 spiro atoms. The number of hydrogen-bond donors (Lipinski definition) is 1. The van der Waals surface area contributed by atoms with Crippen LogP contribution in [0.4, 0.5) is 5.69 Å². The second-order valence-corrected chi connectivity index (χ2v) is 10.7. The van der Waals surface area contributed by atoms with Crippen LogP contribution in [0.25, 0.3) is 0 Å². The van der Waals surface area contributed by atoms with Gasteiger partial charge in [-0.25, -0.2) is 0 Å². The Morgan fingerprint density at radius 3 is 2.43 bits per heavy atom. The fraction of sp³-hybridized carbons (Fsp3) is 0.429. The molecular formula is C28H36ClN5O. The summed E-state index contributed by atoms with van der Waals surface area (Å²) in [6.45, 7) is 14.8. The molecule has 1 aromatic heterocycles. The smallest absolute Gasteiger partial charge is 0.196 e. The third kappa shape index (κ3) is 6.51. The van der Waals surface area contributed by atoms with Crippen molar-refractivity contribution in [2.24, 2.45) is 0 Å². The normalized spacial score (nSPS) is 14.9. The van der Waals surface area contributed by atoms with Crippen molar-refractivity contribution in [1.82, 2.24) is 20.0 Å². The van der Waals surface area contributed by atoms with Crippen LogP contribution in [0.1, 0.15) is 48.0 Å². The van der Waals surface area contributed by atoms with Crippen LogP contribution in [0, 0.1) is 6.92 Å². The molecule has 186 valence electrons. The molecule has 1 aliphatic heterocycles. The van der Waals surface area contributed by atoms with E-state index in [1.165, 1.54) is 5.69 Å². The van der Waals surface area contributed by atoms with Gasteiger partial charge in [-0.15, -0.1) is 0 Å². The van der Waals surface area contributed by atoms with Crippen LogP contribution in [0.3, 0.4) is 0 Å². The molecule has 35 heavy (non-hydrogen) atoms. The van der Waals surface area contributed by atoms with E-state index >= 15 is 0 Å². The van der Waals surface area contributed by atoms with Crippen molar-refractivity contribution in [1.29, 1.82) is 0 Å². The van der Waals surface area contributed by atoms with Gasteiger partial charge in [0.2, 0.25) is 0 Å². The fourth-order valence-electron chi connectivity index (χ4n) is 4.34. The lowest BCUT2D eigenvalue weighted by molar-refractivity contribution is 0.103. The molecule has 0 unspecified atom stereocenters. The Balaban J connectivity index is 1.32. The zero-order valence-corrected chi connectivity index (χ0v) is 22.0. The van der Waals surface area contributed by atoms with Crippen LogP contribution in [-0.4, -0.2) is 59.7 Å². The van der Waals surface area contributed by atoms with E-state index in [0.29, 0.717) is 17.7 Å². The first-order valence-electron chi connectivity index (χ1n) is 12.3. The van der Waals surface area contributed by atoms with Crippen LogP contribution >= 0.6 is 11.6 Å². The third-order valence-electron chi connectivity index (χ3n) is 6.46. The maximum Gasteiger partial charge on any atom is 0.196 e. The maximum atomic E-state index is 13.3. The predicted octanol–water partition coefficient (Wildman–Crippen LogP) is 4.74. The number of ketones is 1. The summed E-state index contributed by atoms with van der Waals surface area (Å²) in [6.07, 6.45) is 1.90. The number of hydrogen-bond acceptors (Lipinski definition) is 5. The summed E-state index contributed by atoms with van der Waals surface area (Å²) in [5.41, 5.74) is 4.30. The minimum Gasteiger partial charge on any atom is -0.369 e. The number of piperazine rings is 1. The van der Waals surface area contributed by atoms with E-state index in [2.05, 4.69) is 48.0 Å². The summed E-state index contributed by atoms with van der Waals surface area (Å²) >= 11 is 6.02. The topological polar surface area (TPSA) is 53.4 Å². The van der Waals surface area contributed by atoms with Gasteiger partial charge in [0.15, 0.2) is 5.78 Å². The summed E-state index contributed by atoms with van der Waals surface area (Å²) in [5, 5.41) is 9.08. The van der Waals surface area contributed by atoms with Crippen molar-refractivity contribution in [2.75, 3.05) is 44.2 Å². The summed E-state index contributed by atoms with van der Waals surface area (Å²) in [4.78, 5) is 18.2. The summed E-state index contributed by atoms with van der Waals surface area (Å²) < 4.78 is 1.91. The molecule has 0 aliphatic carbocycles. The van der Waals surface area contributed by atoms with E-state index in [1.54, 1.807) is 0 Å². The maximum absolute atomic E-state index is 13.3. The SMILES string of the molecule is Cc1cccc(C(=O)c2cn(C(C)(C)C)nc2CNCCN2CCN(c3ccc(Cl)cc3)CC2)c1. The highest BCUT2D eigenvalue weighted by atomic mass is 35.5. The average Bonchev–Trinajstić information content (AvgIpc) is 3.27. The molecule has 1 aliphatic rings. The van der Waals surface area contributed by atoms with Crippen LogP contribution in [-0.2, 0) is 12.1 Å². The number of carbonyl (C=O) groups excluding carboxylic acids is 1. The Morgan fingerprint density at radius 1 is 1.06 bits per heavy atom. The Bertz CT molecular complexity index is 1140. The van der Waals surface area contributed by atoms with Crippen LogP contribution < -0.4 is 10.2 Å². The number of aryl methyl sites for hydroxylation is 1. The van der Waals surface area contributed by atoms with Crippen molar-refractivity contribution in [3.63, 3.8) is 0 Å². The van der Waals surface area contributed by atoms with E-state index in [0.717, 1.165) is 55.5 Å². The molecule has 0 amide bonds. The van der Waals surface area contributed by atoms with Gasteiger partial charge in [-0.1, -0.05) is 35.4 Å². The monoisotopic (exact) mass is 493 g/mol. The molecule has 0 radical (unpaired) electrons. The first kappa shape index (κ1) is 25.4. The van der Waals surface area contributed by atoms with E-state index in [1.807, 2.05) is 54.2 Å². The zero-order valence-electron chi connectivity index (χ0n) is 21.2. The molecule has 2 aromatic carbocycles. The van der Waals surface area contributed by atoms with Gasteiger partial charge in [0.05, 0.1) is 16.8 Å². The van der Waals surface area contributed by atoms with Crippen LogP contribution in [0.15, 0.2) is 54.7 Å². The van der Waals surface area contributed by atoms with E-state index in [4.69, 9.17) is 16.7 Å². The Kier molecular flexibility index (Phi) is 7.95. The van der Waals surface area contributed by atoms with Gasteiger partial charge >= 0.3 is 0 Å². The number of halogens is 1. The molecule has 3 aromatic rings. The van der Waals surface area contributed by atoms with Crippen molar-refractivity contribution in [3.8, 4) is 0 Å². The lowest BCUT2D eigenvalue weighted by Gasteiger charge is -2.36. The minimum atomic E-state index is -0.191. The van der Waals surface area contributed by atoms with Gasteiger partial charge in [0, 0.05) is 68.3 Å². The first-order chi connectivity index (χ1) is 16.7. The van der Waals surface area contributed by atoms with Gasteiger partial charge in [-0.05, 0) is 58.0 Å². The minimum absolute atomic E-state index is 0.0271. The zero-order chi connectivity index (χ0) is 25.0. The highest BCUT2D eigenvalue weighted by molar-refractivity contribution is 6.30. The molecular weight excluding hydrogens is 458 g/mol. The van der Waals surface area contributed by atoms with Gasteiger partial charge in [0.1, 0.15) is 0 Å². The summed E-state index contributed by atoms with van der Waals surface area (Å²) in [5.74, 6) is 0.0271. The average molecular weight is 494 g/mol. The first-order valence-corrected chi connectivity index (χ1v) is 12.7. The summed E-state index contributed by atoms with van der Waals surface area (Å²) in [7, 11) is 0. The molecule has 0 atom stereocenters. The lowest BCUT2D eigenvalue weighted by Crippen LogP contribution is -2.48. The third-order valence-corrected chi connectivity index (χ3v) is 6.72. The van der Waals surface area contributed by atoms with Gasteiger partial charge in [0.25, 0.3) is 0 Å². The standard InChI is InChI=1S/C28H36ClN5O/c1-21-6-5-7-22(18-21)27(35)25-20-34(28(2,3)4)31-26(25)19-30-12-13-32-14-16-33(17-15-32)24-10-8-23(29)9-11-24/h5-11,18,20,30H,12-17,19H2,1-4H3. The molecule has 0 saturated carbocycles. The van der Waals surface area contributed by atoms with E-state index in [9.17, 15) is 4.79 Å². The molecule has 7 heteroatoms. The molecule has 0 bridgehead atoms. The number of nitrogens with one attached hydrogen (secondary N) is 1. The molecule has 1 N–H and O–H groups in total. The predicted molar refractivity (Wildman–Crippen MR) is 144 cm³/mol. The van der Waals surface area contributed by atoms with Gasteiger partial charge in [-0.3, -0.25) is 14.4 Å². The quantitative estimate of drug-likeness (QED) is 0.363. The number of anilines is 1. The van der Waals surface area contributed by atoms with Crippen molar-refractivity contribution in [2.45, 2.75) is 39.8 Å². The van der Waals surface area contributed by atoms with Crippen molar-refractivity contribution < 1.29 is 4.79 Å². The Hall–Kier alpha value is -2.67. The van der Waals surface area contributed by atoms with Crippen molar-refractivity contribution >= 4 is 23.1 Å². The second kappa shape index (κ2) is 10.9. The lowest BCUT2D eigenvalue weighted by atomic mass is 10.0. The number of benzene rings is 2. The number of aromatic nitrogens is 2. The second-order valence-electron chi connectivity index (χ2n) is 10.3. The van der Waals surface area contributed by atoms with Crippen LogP contribution in [0.2, 0.25) is 5.02 Å². The molecule has 1 saturated heterocycles. The largest absolute Gasteiger partial charge is 0.369 e. The van der Waals surface area contributed by atoms with Gasteiger partial charge in [-0.2, -0.15) is 5.10 Å². The molecule has 2 heterocycles. The number of rotatable bonds is 8.